The summed E-state index contributed by atoms with van der Waals surface area (Å²) in [5.41, 5.74) is 3.75. The fraction of sp³-hybridized carbons (Fsp3) is 0.300. The highest BCUT2D eigenvalue weighted by Gasteiger charge is 2.16. The molecule has 0 aromatic heterocycles. The number of carboxylic acids is 1. The van der Waals surface area contributed by atoms with Gasteiger partial charge in [-0.2, -0.15) is 0 Å². The summed E-state index contributed by atoms with van der Waals surface area (Å²) in [5.74, 6) is -0.653. The van der Waals surface area contributed by atoms with Crippen molar-refractivity contribution in [2.45, 2.75) is 32.1 Å². The number of aromatic carboxylic acids is 1. The highest BCUT2D eigenvalue weighted by molar-refractivity contribution is 6.05. The lowest BCUT2D eigenvalue weighted by Crippen LogP contribution is -2.13. The maximum atomic E-state index is 12.5. The Kier molecular flexibility index (Phi) is 5.03. The predicted octanol–water partition coefficient (Wildman–Crippen LogP) is 3.91. The van der Waals surface area contributed by atoms with Crippen LogP contribution in [-0.4, -0.2) is 24.1 Å². The van der Waals surface area contributed by atoms with Crippen molar-refractivity contribution in [1.82, 2.24) is 0 Å². The monoisotopic (exact) mass is 339 g/mol. The second-order valence-electron chi connectivity index (χ2n) is 6.22. The number of amides is 1. The second-order valence-corrected chi connectivity index (χ2v) is 6.22. The summed E-state index contributed by atoms with van der Waals surface area (Å²) in [5, 5.41) is 11.8. The summed E-state index contributed by atoms with van der Waals surface area (Å²) < 4.78 is 5.45. The number of hydrogen-bond donors (Lipinski definition) is 2. The van der Waals surface area contributed by atoms with E-state index in [1.54, 1.807) is 7.11 Å². The van der Waals surface area contributed by atoms with E-state index in [0.717, 1.165) is 19.3 Å². The van der Waals surface area contributed by atoms with E-state index in [1.807, 2.05) is 12.1 Å². The zero-order chi connectivity index (χ0) is 17.8. The molecule has 5 heteroatoms. The van der Waals surface area contributed by atoms with Gasteiger partial charge in [0.15, 0.2) is 0 Å². The topological polar surface area (TPSA) is 75.6 Å². The van der Waals surface area contributed by atoms with Crippen molar-refractivity contribution < 1.29 is 19.4 Å². The molecule has 2 N–H and O–H groups in total. The molecule has 0 saturated carbocycles. The van der Waals surface area contributed by atoms with E-state index in [9.17, 15) is 9.59 Å². The van der Waals surface area contributed by atoms with Gasteiger partial charge in [-0.3, -0.25) is 4.79 Å². The van der Waals surface area contributed by atoms with Gasteiger partial charge >= 0.3 is 5.97 Å². The lowest BCUT2D eigenvalue weighted by atomic mass is 10.0. The van der Waals surface area contributed by atoms with E-state index in [0.29, 0.717) is 17.0 Å². The zero-order valence-corrected chi connectivity index (χ0v) is 14.2. The van der Waals surface area contributed by atoms with Crippen molar-refractivity contribution in [1.29, 1.82) is 0 Å². The van der Waals surface area contributed by atoms with Crippen LogP contribution in [0.15, 0.2) is 36.4 Å². The van der Waals surface area contributed by atoms with Gasteiger partial charge in [0, 0.05) is 5.56 Å². The van der Waals surface area contributed by atoms with Gasteiger partial charge in [-0.1, -0.05) is 6.42 Å². The Bertz CT molecular complexity index is 796. The van der Waals surface area contributed by atoms with Crippen LogP contribution in [0.2, 0.25) is 0 Å². The van der Waals surface area contributed by atoms with E-state index in [1.165, 1.54) is 48.2 Å². The minimum atomic E-state index is -1.01. The fourth-order valence-corrected chi connectivity index (χ4v) is 3.17. The van der Waals surface area contributed by atoms with Crippen LogP contribution < -0.4 is 10.1 Å². The summed E-state index contributed by atoms with van der Waals surface area (Å²) >= 11 is 0. The van der Waals surface area contributed by atoms with Crippen LogP contribution in [0.25, 0.3) is 0 Å². The molecule has 0 saturated heterocycles. The van der Waals surface area contributed by atoms with Crippen LogP contribution in [0, 0.1) is 0 Å². The highest BCUT2D eigenvalue weighted by atomic mass is 16.5. The number of benzene rings is 2. The Labute approximate surface area is 146 Å². The number of rotatable bonds is 4. The number of hydrogen-bond acceptors (Lipinski definition) is 3. The summed E-state index contributed by atoms with van der Waals surface area (Å²) in [7, 11) is 1.59. The van der Waals surface area contributed by atoms with Crippen molar-refractivity contribution in [3.8, 4) is 5.75 Å². The number of ether oxygens (including phenoxy) is 1. The van der Waals surface area contributed by atoms with E-state index >= 15 is 0 Å². The molecule has 0 bridgehead atoms. The molecule has 0 spiro atoms. The van der Waals surface area contributed by atoms with Gasteiger partial charge in [-0.05, 0) is 73.2 Å². The molecule has 2 aromatic carbocycles. The molecule has 1 aliphatic carbocycles. The summed E-state index contributed by atoms with van der Waals surface area (Å²) in [6.07, 6.45) is 5.60. The Balaban J connectivity index is 1.84. The van der Waals surface area contributed by atoms with E-state index in [2.05, 4.69) is 5.32 Å². The molecule has 5 nitrogen and oxygen atoms in total. The number of carbonyl (C=O) groups is 2. The Hall–Kier alpha value is -2.82. The molecule has 2 aromatic rings. The van der Waals surface area contributed by atoms with Crippen molar-refractivity contribution >= 4 is 17.6 Å². The van der Waals surface area contributed by atoms with Gasteiger partial charge < -0.3 is 15.2 Å². The van der Waals surface area contributed by atoms with E-state index in [-0.39, 0.29) is 11.5 Å². The highest BCUT2D eigenvalue weighted by Crippen LogP contribution is 2.32. The molecule has 1 amide bonds. The summed E-state index contributed by atoms with van der Waals surface area (Å²) in [4.78, 5) is 23.4. The maximum absolute atomic E-state index is 12.5. The Morgan fingerprint density at radius 3 is 2.16 bits per heavy atom. The summed E-state index contributed by atoms with van der Waals surface area (Å²) in [6.45, 7) is 0. The van der Waals surface area contributed by atoms with Crippen molar-refractivity contribution in [2.24, 2.45) is 0 Å². The average molecular weight is 339 g/mol. The van der Waals surface area contributed by atoms with Crippen LogP contribution in [-0.2, 0) is 12.8 Å². The molecule has 25 heavy (non-hydrogen) atoms. The first-order valence-corrected chi connectivity index (χ1v) is 8.43. The normalized spacial score (nSPS) is 13.5. The van der Waals surface area contributed by atoms with Crippen LogP contribution in [0.4, 0.5) is 5.69 Å². The molecule has 0 heterocycles. The van der Waals surface area contributed by atoms with Crippen LogP contribution in [0.5, 0.6) is 5.75 Å². The van der Waals surface area contributed by atoms with Crippen molar-refractivity contribution in [3.05, 3.63) is 58.7 Å². The van der Waals surface area contributed by atoms with Gasteiger partial charge in [0.25, 0.3) is 5.91 Å². The minimum Gasteiger partial charge on any atom is -0.495 e. The Morgan fingerprint density at radius 1 is 0.960 bits per heavy atom. The predicted molar refractivity (Wildman–Crippen MR) is 95.6 cm³/mol. The van der Waals surface area contributed by atoms with Gasteiger partial charge in [0.2, 0.25) is 0 Å². The van der Waals surface area contributed by atoms with Gasteiger partial charge in [-0.25, -0.2) is 4.79 Å². The number of anilines is 1. The van der Waals surface area contributed by atoms with Gasteiger partial charge in [0.05, 0.1) is 18.4 Å². The maximum Gasteiger partial charge on any atom is 0.335 e. The SMILES string of the molecule is COc1cc2c(cc1NC(=O)c1ccc(C(=O)O)cc1)CCCCC2. The first kappa shape index (κ1) is 17.0. The number of fused-ring (bicyclic) bond motifs is 1. The Morgan fingerprint density at radius 2 is 1.56 bits per heavy atom. The van der Waals surface area contributed by atoms with Crippen LogP contribution >= 0.6 is 0 Å². The average Bonchev–Trinajstić information content (AvgIpc) is 2.85. The first-order valence-electron chi connectivity index (χ1n) is 8.43. The third-order valence-electron chi connectivity index (χ3n) is 4.56. The molecule has 0 aliphatic heterocycles. The van der Waals surface area contributed by atoms with Crippen LogP contribution in [0.1, 0.15) is 51.1 Å². The number of nitrogens with one attached hydrogen (secondary N) is 1. The molecular weight excluding hydrogens is 318 g/mol. The molecule has 0 radical (unpaired) electrons. The number of methoxy groups -OCH3 is 1. The molecule has 130 valence electrons. The molecule has 1 aliphatic rings. The van der Waals surface area contributed by atoms with Crippen molar-refractivity contribution in [2.75, 3.05) is 12.4 Å². The molecule has 0 unspecified atom stereocenters. The fourth-order valence-electron chi connectivity index (χ4n) is 3.17. The number of carboxylic acid groups (broad SMARTS) is 1. The summed E-state index contributed by atoms with van der Waals surface area (Å²) in [6, 6.07) is 9.88. The zero-order valence-electron chi connectivity index (χ0n) is 14.2. The lowest BCUT2D eigenvalue weighted by Gasteiger charge is -2.15. The number of aryl methyl sites for hydroxylation is 2. The van der Waals surface area contributed by atoms with Gasteiger partial charge in [-0.15, -0.1) is 0 Å². The second kappa shape index (κ2) is 7.38. The lowest BCUT2D eigenvalue weighted by molar-refractivity contribution is 0.0696. The first-order chi connectivity index (χ1) is 12.1. The quantitative estimate of drug-likeness (QED) is 0.828. The molecule has 3 rings (SSSR count). The van der Waals surface area contributed by atoms with E-state index < -0.39 is 5.97 Å². The molecular formula is C20H21NO4. The molecule has 0 fully saturated rings. The largest absolute Gasteiger partial charge is 0.495 e. The van der Waals surface area contributed by atoms with Crippen molar-refractivity contribution in [3.63, 3.8) is 0 Å². The third-order valence-corrected chi connectivity index (χ3v) is 4.56. The van der Waals surface area contributed by atoms with E-state index in [4.69, 9.17) is 9.84 Å². The third kappa shape index (κ3) is 3.82. The van der Waals surface area contributed by atoms with Gasteiger partial charge in [0.1, 0.15) is 5.75 Å². The smallest absolute Gasteiger partial charge is 0.335 e. The minimum absolute atomic E-state index is 0.152. The standard InChI is InChI=1S/C20H21NO4/c1-25-18-12-16-6-4-2-3-5-15(16)11-17(18)21-19(22)13-7-9-14(10-8-13)20(23)24/h7-12H,2-6H2,1H3,(H,21,22)(H,23,24). The van der Waals surface area contributed by atoms with Crippen LogP contribution in [0.3, 0.4) is 0 Å². The number of carbonyl (C=O) groups excluding carboxylic acids is 1. The molecule has 0 atom stereocenters.